The highest BCUT2D eigenvalue weighted by molar-refractivity contribution is 5.22. The summed E-state index contributed by atoms with van der Waals surface area (Å²) in [5, 5.41) is 3.37. The van der Waals surface area contributed by atoms with E-state index in [1.165, 1.54) is 31.7 Å². The van der Waals surface area contributed by atoms with Crippen LogP contribution in [0.3, 0.4) is 0 Å². The van der Waals surface area contributed by atoms with E-state index in [4.69, 9.17) is 0 Å². The highest BCUT2D eigenvalue weighted by Crippen LogP contribution is 2.32. The molecule has 1 aromatic carbocycles. The first-order valence-electron chi connectivity index (χ1n) is 7.89. The predicted molar refractivity (Wildman–Crippen MR) is 78.6 cm³/mol. The first-order valence-corrected chi connectivity index (χ1v) is 7.89. The third-order valence-electron chi connectivity index (χ3n) is 4.34. The Labute approximate surface area is 120 Å². The lowest BCUT2D eigenvalue weighted by atomic mass is 9.94. The van der Waals surface area contributed by atoms with Gasteiger partial charge in [-0.2, -0.15) is 0 Å². The Morgan fingerprint density at radius 2 is 2.00 bits per heavy atom. The van der Waals surface area contributed by atoms with E-state index in [0.29, 0.717) is 5.56 Å². The molecule has 3 heteroatoms. The molecule has 0 radical (unpaired) electrons. The summed E-state index contributed by atoms with van der Waals surface area (Å²) in [6.45, 7) is 2.92. The fraction of sp³-hybridized carbons (Fsp3) is 0.647. The summed E-state index contributed by atoms with van der Waals surface area (Å²) in [4.78, 5) is 0. The van der Waals surface area contributed by atoms with Gasteiger partial charge in [0.2, 0.25) is 0 Å². The average molecular weight is 281 g/mol. The van der Waals surface area contributed by atoms with Crippen molar-refractivity contribution in [3.63, 3.8) is 0 Å². The SMILES string of the molecule is CCCNC(CCC1CCCC1)c1cccc(F)c1F. The Kier molecular flexibility index (Phi) is 5.96. The van der Waals surface area contributed by atoms with E-state index in [1.54, 1.807) is 12.1 Å². The van der Waals surface area contributed by atoms with Crippen molar-refractivity contribution in [3.8, 4) is 0 Å². The van der Waals surface area contributed by atoms with E-state index < -0.39 is 11.6 Å². The second-order valence-electron chi connectivity index (χ2n) is 5.88. The predicted octanol–water partition coefficient (Wildman–Crippen LogP) is 4.98. The molecule has 1 atom stereocenters. The molecule has 1 unspecified atom stereocenters. The summed E-state index contributed by atoms with van der Waals surface area (Å²) in [5.41, 5.74) is 0.483. The van der Waals surface area contributed by atoms with Gasteiger partial charge in [-0.25, -0.2) is 8.78 Å². The number of benzene rings is 1. The van der Waals surface area contributed by atoms with Gasteiger partial charge in [0, 0.05) is 11.6 Å². The maximum absolute atomic E-state index is 14.0. The van der Waals surface area contributed by atoms with E-state index in [-0.39, 0.29) is 6.04 Å². The second-order valence-corrected chi connectivity index (χ2v) is 5.88. The molecule has 1 N–H and O–H groups in total. The van der Waals surface area contributed by atoms with Crippen LogP contribution < -0.4 is 5.32 Å². The van der Waals surface area contributed by atoms with Crippen LogP contribution in [0.5, 0.6) is 0 Å². The fourth-order valence-electron chi connectivity index (χ4n) is 3.18. The van der Waals surface area contributed by atoms with Gasteiger partial charge in [-0.15, -0.1) is 0 Å². The van der Waals surface area contributed by atoms with Gasteiger partial charge in [0.05, 0.1) is 0 Å². The van der Waals surface area contributed by atoms with Crippen LogP contribution in [0.4, 0.5) is 8.78 Å². The Morgan fingerprint density at radius 1 is 1.25 bits per heavy atom. The molecule has 20 heavy (non-hydrogen) atoms. The summed E-state index contributed by atoms with van der Waals surface area (Å²) < 4.78 is 27.4. The molecule has 1 saturated carbocycles. The molecule has 0 amide bonds. The van der Waals surface area contributed by atoms with E-state index in [9.17, 15) is 8.78 Å². The monoisotopic (exact) mass is 281 g/mol. The van der Waals surface area contributed by atoms with E-state index >= 15 is 0 Å². The van der Waals surface area contributed by atoms with Gasteiger partial charge in [0.15, 0.2) is 11.6 Å². The molecule has 0 aromatic heterocycles. The van der Waals surface area contributed by atoms with Gasteiger partial charge < -0.3 is 5.32 Å². The minimum absolute atomic E-state index is 0.0637. The zero-order valence-electron chi connectivity index (χ0n) is 12.3. The Morgan fingerprint density at radius 3 is 2.70 bits per heavy atom. The molecule has 1 aliphatic rings. The molecule has 0 saturated heterocycles. The van der Waals surface area contributed by atoms with Crippen molar-refractivity contribution in [1.29, 1.82) is 0 Å². The third kappa shape index (κ3) is 4.02. The van der Waals surface area contributed by atoms with Crippen LogP contribution in [0.25, 0.3) is 0 Å². The van der Waals surface area contributed by atoms with E-state index in [2.05, 4.69) is 12.2 Å². The molecule has 1 aliphatic carbocycles. The Hall–Kier alpha value is -0.960. The van der Waals surface area contributed by atoms with Crippen LogP contribution >= 0.6 is 0 Å². The molecule has 1 aromatic rings. The quantitative estimate of drug-likeness (QED) is 0.743. The van der Waals surface area contributed by atoms with Gasteiger partial charge in [-0.1, -0.05) is 44.7 Å². The average Bonchev–Trinajstić information content (AvgIpc) is 2.96. The topological polar surface area (TPSA) is 12.0 Å². The minimum atomic E-state index is -0.744. The van der Waals surface area contributed by atoms with Crippen LogP contribution in [-0.2, 0) is 0 Å². The maximum Gasteiger partial charge on any atom is 0.163 e. The minimum Gasteiger partial charge on any atom is -0.310 e. The second kappa shape index (κ2) is 7.72. The summed E-state index contributed by atoms with van der Waals surface area (Å²) in [5.74, 6) is -0.656. The molecule has 2 rings (SSSR count). The van der Waals surface area contributed by atoms with Crippen molar-refractivity contribution in [2.45, 2.75) is 57.9 Å². The molecule has 0 spiro atoms. The van der Waals surface area contributed by atoms with Gasteiger partial charge in [0.1, 0.15) is 0 Å². The molecule has 112 valence electrons. The molecule has 0 heterocycles. The smallest absolute Gasteiger partial charge is 0.163 e. The summed E-state index contributed by atoms with van der Waals surface area (Å²) in [6.07, 6.45) is 8.25. The van der Waals surface area contributed by atoms with Crippen molar-refractivity contribution >= 4 is 0 Å². The summed E-state index contributed by atoms with van der Waals surface area (Å²) in [7, 11) is 0. The molecular weight excluding hydrogens is 256 g/mol. The van der Waals surface area contributed by atoms with Crippen molar-refractivity contribution in [2.75, 3.05) is 6.54 Å². The van der Waals surface area contributed by atoms with Crippen LogP contribution in [-0.4, -0.2) is 6.54 Å². The zero-order valence-corrected chi connectivity index (χ0v) is 12.3. The van der Waals surface area contributed by atoms with Gasteiger partial charge >= 0.3 is 0 Å². The number of hydrogen-bond donors (Lipinski definition) is 1. The molecule has 0 aliphatic heterocycles. The number of nitrogens with one attached hydrogen (secondary N) is 1. The zero-order chi connectivity index (χ0) is 14.4. The number of halogens is 2. The molecular formula is C17H25F2N. The normalized spacial score (nSPS) is 17.6. The van der Waals surface area contributed by atoms with E-state index in [1.807, 2.05) is 0 Å². The van der Waals surface area contributed by atoms with Crippen LogP contribution in [0.1, 0.15) is 63.5 Å². The summed E-state index contributed by atoms with van der Waals surface area (Å²) in [6, 6.07) is 4.43. The van der Waals surface area contributed by atoms with Gasteiger partial charge in [-0.3, -0.25) is 0 Å². The molecule has 1 fully saturated rings. The Bertz CT molecular complexity index is 413. The third-order valence-corrected chi connectivity index (χ3v) is 4.34. The highest BCUT2D eigenvalue weighted by Gasteiger charge is 2.21. The van der Waals surface area contributed by atoms with Crippen LogP contribution in [0.15, 0.2) is 18.2 Å². The number of hydrogen-bond acceptors (Lipinski definition) is 1. The molecule has 1 nitrogen and oxygen atoms in total. The summed E-state index contributed by atoms with van der Waals surface area (Å²) >= 11 is 0. The van der Waals surface area contributed by atoms with Crippen LogP contribution in [0.2, 0.25) is 0 Å². The lowest BCUT2D eigenvalue weighted by Gasteiger charge is -2.21. The van der Waals surface area contributed by atoms with E-state index in [0.717, 1.165) is 31.7 Å². The maximum atomic E-state index is 14.0. The molecule has 0 bridgehead atoms. The lowest BCUT2D eigenvalue weighted by Crippen LogP contribution is -2.24. The fourth-order valence-corrected chi connectivity index (χ4v) is 3.18. The van der Waals surface area contributed by atoms with Crippen molar-refractivity contribution in [3.05, 3.63) is 35.4 Å². The van der Waals surface area contributed by atoms with Crippen LogP contribution in [0, 0.1) is 17.6 Å². The van der Waals surface area contributed by atoms with Crippen molar-refractivity contribution in [2.24, 2.45) is 5.92 Å². The Balaban J connectivity index is 2.03. The first-order chi connectivity index (χ1) is 9.72. The first kappa shape index (κ1) is 15.4. The lowest BCUT2D eigenvalue weighted by molar-refractivity contribution is 0.395. The van der Waals surface area contributed by atoms with Crippen molar-refractivity contribution in [1.82, 2.24) is 5.32 Å². The largest absolute Gasteiger partial charge is 0.310 e. The standard InChI is InChI=1S/C17H25F2N/c1-2-12-20-16(11-10-13-6-3-4-7-13)14-8-5-9-15(18)17(14)19/h5,8-9,13,16,20H,2-4,6-7,10-12H2,1H3. The number of rotatable bonds is 7. The van der Waals surface area contributed by atoms with Gasteiger partial charge in [-0.05, 0) is 37.8 Å². The highest BCUT2D eigenvalue weighted by atomic mass is 19.2. The van der Waals surface area contributed by atoms with Crippen molar-refractivity contribution < 1.29 is 8.78 Å². The van der Waals surface area contributed by atoms with Gasteiger partial charge in [0.25, 0.3) is 0 Å².